The van der Waals surface area contributed by atoms with Crippen LogP contribution in [0.25, 0.3) is 0 Å². The number of methoxy groups -OCH3 is 1. The molecule has 5 nitrogen and oxygen atoms in total. The second-order valence-corrected chi connectivity index (χ2v) is 4.60. The molecule has 116 valence electrons. The van der Waals surface area contributed by atoms with E-state index in [2.05, 4.69) is 0 Å². The van der Waals surface area contributed by atoms with Gasteiger partial charge in [-0.1, -0.05) is 30.3 Å². The summed E-state index contributed by atoms with van der Waals surface area (Å²) in [5.41, 5.74) is 1.16. The number of rotatable bonds is 9. The molecule has 0 aromatic heterocycles. The van der Waals surface area contributed by atoms with Crippen LogP contribution in [-0.2, 0) is 25.5 Å². The van der Waals surface area contributed by atoms with Gasteiger partial charge >= 0.3 is 5.97 Å². The third-order valence-corrected chi connectivity index (χ3v) is 3.02. The van der Waals surface area contributed by atoms with E-state index in [1.165, 1.54) is 7.11 Å². The van der Waals surface area contributed by atoms with Crippen molar-refractivity contribution in [2.24, 2.45) is 0 Å². The number of hydrogen-bond donors (Lipinski definition) is 0. The second kappa shape index (κ2) is 9.94. The lowest BCUT2D eigenvalue weighted by Crippen LogP contribution is -2.37. The fourth-order valence-electron chi connectivity index (χ4n) is 1.94. The van der Waals surface area contributed by atoms with Crippen LogP contribution < -0.4 is 0 Å². The molecule has 0 aliphatic rings. The molecule has 0 spiro atoms. The number of hydrogen-bond acceptors (Lipinski definition) is 4. The van der Waals surface area contributed by atoms with Gasteiger partial charge in [0.25, 0.3) is 0 Å². The first-order valence-electron chi connectivity index (χ1n) is 7.13. The molecular weight excluding hydrogens is 270 g/mol. The molecule has 0 unspecified atom stereocenters. The molecule has 0 fully saturated rings. The standard InChI is InChI=1S/C16H23NO4/c1-3-21-16(19)10-12-17(15(18)13-20-2)11-9-14-7-5-4-6-8-14/h4-8H,3,9-13H2,1-2H3. The van der Waals surface area contributed by atoms with E-state index in [0.29, 0.717) is 19.7 Å². The third kappa shape index (κ3) is 6.90. The molecule has 1 aromatic rings. The fraction of sp³-hybridized carbons (Fsp3) is 0.500. The maximum atomic E-state index is 12.0. The fourth-order valence-corrected chi connectivity index (χ4v) is 1.94. The predicted molar refractivity (Wildman–Crippen MR) is 79.9 cm³/mol. The van der Waals surface area contributed by atoms with Gasteiger partial charge in [-0.15, -0.1) is 0 Å². The molecule has 5 heteroatoms. The second-order valence-electron chi connectivity index (χ2n) is 4.60. The van der Waals surface area contributed by atoms with Gasteiger partial charge in [0.1, 0.15) is 6.61 Å². The molecule has 0 saturated heterocycles. The first-order chi connectivity index (χ1) is 10.2. The third-order valence-electron chi connectivity index (χ3n) is 3.02. The van der Waals surface area contributed by atoms with E-state index in [1.54, 1.807) is 11.8 Å². The Balaban J connectivity index is 2.51. The average molecular weight is 293 g/mol. The van der Waals surface area contributed by atoms with Crippen LogP contribution in [0.2, 0.25) is 0 Å². The molecule has 1 aromatic carbocycles. The largest absolute Gasteiger partial charge is 0.466 e. The van der Waals surface area contributed by atoms with Gasteiger partial charge in [0.2, 0.25) is 5.91 Å². The molecule has 1 rings (SSSR count). The van der Waals surface area contributed by atoms with Crippen molar-refractivity contribution in [3.05, 3.63) is 35.9 Å². The lowest BCUT2D eigenvalue weighted by molar-refractivity contribution is -0.144. The van der Waals surface area contributed by atoms with Crippen LogP contribution in [0.15, 0.2) is 30.3 Å². The molecule has 0 aliphatic carbocycles. The van der Waals surface area contributed by atoms with Crippen LogP contribution in [-0.4, -0.2) is 50.2 Å². The minimum atomic E-state index is -0.285. The lowest BCUT2D eigenvalue weighted by atomic mass is 10.1. The van der Waals surface area contributed by atoms with E-state index in [-0.39, 0.29) is 24.9 Å². The van der Waals surface area contributed by atoms with Gasteiger partial charge in [-0.25, -0.2) is 0 Å². The van der Waals surface area contributed by atoms with Crippen molar-refractivity contribution in [1.82, 2.24) is 4.90 Å². The van der Waals surface area contributed by atoms with Crippen molar-refractivity contribution < 1.29 is 19.1 Å². The SMILES string of the molecule is CCOC(=O)CCN(CCc1ccccc1)C(=O)COC. The summed E-state index contributed by atoms with van der Waals surface area (Å²) in [5.74, 6) is -0.398. The summed E-state index contributed by atoms with van der Waals surface area (Å²) in [5, 5.41) is 0. The summed E-state index contributed by atoms with van der Waals surface area (Å²) in [6.07, 6.45) is 0.956. The van der Waals surface area contributed by atoms with Gasteiger partial charge in [-0.3, -0.25) is 9.59 Å². The van der Waals surface area contributed by atoms with Crippen molar-refractivity contribution in [2.45, 2.75) is 19.8 Å². The minimum absolute atomic E-state index is 0.0254. The smallest absolute Gasteiger partial charge is 0.307 e. The molecule has 0 atom stereocenters. The Morgan fingerprint density at radius 2 is 1.86 bits per heavy atom. The highest BCUT2D eigenvalue weighted by Crippen LogP contribution is 2.03. The van der Waals surface area contributed by atoms with Gasteiger partial charge < -0.3 is 14.4 Å². The molecule has 0 radical (unpaired) electrons. The Kier molecular flexibility index (Phi) is 8.12. The molecule has 0 heterocycles. The summed E-state index contributed by atoms with van der Waals surface area (Å²) >= 11 is 0. The minimum Gasteiger partial charge on any atom is -0.466 e. The first-order valence-corrected chi connectivity index (χ1v) is 7.13. The van der Waals surface area contributed by atoms with Crippen molar-refractivity contribution in [2.75, 3.05) is 33.4 Å². The van der Waals surface area contributed by atoms with E-state index >= 15 is 0 Å². The van der Waals surface area contributed by atoms with Crippen molar-refractivity contribution in [1.29, 1.82) is 0 Å². The number of ether oxygens (including phenoxy) is 2. The average Bonchev–Trinajstić information content (AvgIpc) is 2.48. The van der Waals surface area contributed by atoms with Crippen LogP contribution in [0, 0.1) is 0 Å². The van der Waals surface area contributed by atoms with E-state index in [0.717, 1.165) is 12.0 Å². The van der Waals surface area contributed by atoms with Gasteiger partial charge in [0.15, 0.2) is 0 Å². The molecule has 21 heavy (non-hydrogen) atoms. The number of carbonyl (C=O) groups is 2. The summed E-state index contributed by atoms with van der Waals surface area (Å²) in [7, 11) is 1.48. The number of benzene rings is 1. The highest BCUT2D eigenvalue weighted by atomic mass is 16.5. The quantitative estimate of drug-likeness (QED) is 0.650. The highest BCUT2D eigenvalue weighted by molar-refractivity contribution is 5.78. The monoisotopic (exact) mass is 293 g/mol. The first kappa shape index (κ1) is 17.2. The predicted octanol–water partition coefficient (Wildman–Crippen LogP) is 1.66. The lowest BCUT2D eigenvalue weighted by Gasteiger charge is -2.22. The van der Waals surface area contributed by atoms with Crippen molar-refractivity contribution in [3.8, 4) is 0 Å². The number of nitrogens with zero attached hydrogens (tertiary/aromatic N) is 1. The van der Waals surface area contributed by atoms with Gasteiger partial charge in [-0.05, 0) is 18.9 Å². The van der Waals surface area contributed by atoms with E-state index in [9.17, 15) is 9.59 Å². The zero-order valence-electron chi connectivity index (χ0n) is 12.7. The van der Waals surface area contributed by atoms with Crippen LogP contribution in [0.3, 0.4) is 0 Å². The van der Waals surface area contributed by atoms with Crippen molar-refractivity contribution in [3.63, 3.8) is 0 Å². The Bertz CT molecular complexity index is 433. The molecule has 0 N–H and O–H groups in total. The van der Waals surface area contributed by atoms with Gasteiger partial charge in [0, 0.05) is 20.2 Å². The zero-order valence-corrected chi connectivity index (χ0v) is 12.7. The number of amides is 1. The summed E-state index contributed by atoms with van der Waals surface area (Å²) in [6.45, 7) is 3.06. The topological polar surface area (TPSA) is 55.8 Å². The summed E-state index contributed by atoms with van der Waals surface area (Å²) in [6, 6.07) is 9.93. The van der Waals surface area contributed by atoms with Gasteiger partial charge in [0.05, 0.1) is 13.0 Å². The van der Waals surface area contributed by atoms with E-state index in [1.807, 2.05) is 30.3 Å². The Morgan fingerprint density at radius 1 is 1.14 bits per heavy atom. The van der Waals surface area contributed by atoms with Crippen LogP contribution in [0.1, 0.15) is 18.9 Å². The van der Waals surface area contributed by atoms with Crippen LogP contribution >= 0.6 is 0 Å². The summed E-state index contributed by atoms with van der Waals surface area (Å²) in [4.78, 5) is 25.0. The number of carbonyl (C=O) groups excluding carboxylic acids is 2. The van der Waals surface area contributed by atoms with Gasteiger partial charge in [-0.2, -0.15) is 0 Å². The molecule has 0 saturated carbocycles. The van der Waals surface area contributed by atoms with Crippen molar-refractivity contribution >= 4 is 11.9 Å². The zero-order chi connectivity index (χ0) is 15.5. The highest BCUT2D eigenvalue weighted by Gasteiger charge is 2.15. The molecule has 0 aliphatic heterocycles. The van der Waals surface area contributed by atoms with E-state index < -0.39 is 0 Å². The normalized spacial score (nSPS) is 10.2. The number of esters is 1. The molecule has 0 bridgehead atoms. The maximum absolute atomic E-state index is 12.0. The summed E-state index contributed by atoms with van der Waals surface area (Å²) < 4.78 is 9.77. The van der Waals surface area contributed by atoms with Crippen LogP contribution in [0.4, 0.5) is 0 Å². The van der Waals surface area contributed by atoms with Crippen LogP contribution in [0.5, 0.6) is 0 Å². The Labute approximate surface area is 125 Å². The molecular formula is C16H23NO4. The van der Waals surface area contributed by atoms with E-state index in [4.69, 9.17) is 9.47 Å². The Hall–Kier alpha value is -1.88. The maximum Gasteiger partial charge on any atom is 0.307 e. The Morgan fingerprint density at radius 3 is 2.48 bits per heavy atom. The molecule has 1 amide bonds.